The molecule has 1 amide bonds. The van der Waals surface area contributed by atoms with E-state index in [-0.39, 0.29) is 6.54 Å². The molecule has 0 aromatic carbocycles. The smallest absolute Gasteiger partial charge is 0.345 e. The zero-order valence-corrected chi connectivity index (χ0v) is 23.5. The van der Waals surface area contributed by atoms with Gasteiger partial charge in [-0.15, -0.1) is 0 Å². The first-order valence-electron chi connectivity index (χ1n) is 13.9. The van der Waals surface area contributed by atoms with E-state index in [2.05, 4.69) is 17.0 Å². The van der Waals surface area contributed by atoms with Crippen molar-refractivity contribution in [2.75, 3.05) is 6.54 Å². The van der Waals surface area contributed by atoms with E-state index in [9.17, 15) is 32.1 Å². The van der Waals surface area contributed by atoms with Gasteiger partial charge in [-0.1, -0.05) is 103 Å². The van der Waals surface area contributed by atoms with Crippen LogP contribution >= 0.6 is 0 Å². The summed E-state index contributed by atoms with van der Waals surface area (Å²) < 4.78 is 36.7. The SMILES string of the molecule is CCCCCCCCCCCCCCCCCCNC(=O)CC(C(=O)OC(CC(=O)O)C(=O)O)S(=O)(=O)O. The van der Waals surface area contributed by atoms with Crippen molar-refractivity contribution in [3.8, 4) is 0 Å². The number of carbonyl (C=O) groups excluding carboxylic acids is 2. The molecule has 12 heteroatoms. The van der Waals surface area contributed by atoms with Crippen LogP contribution in [0, 0.1) is 0 Å². The van der Waals surface area contributed by atoms with Gasteiger partial charge in [-0.2, -0.15) is 8.42 Å². The third-order valence-corrected chi connectivity index (χ3v) is 7.32. The molecule has 4 N–H and O–H groups in total. The minimum Gasteiger partial charge on any atom is -0.481 e. The van der Waals surface area contributed by atoms with E-state index in [0.29, 0.717) is 6.42 Å². The van der Waals surface area contributed by atoms with Gasteiger partial charge in [0.1, 0.15) is 0 Å². The Bertz CT molecular complexity index is 800. The Labute approximate surface area is 226 Å². The molecule has 0 aromatic rings. The van der Waals surface area contributed by atoms with Gasteiger partial charge in [0.2, 0.25) is 12.0 Å². The van der Waals surface area contributed by atoms with E-state index in [4.69, 9.17) is 10.2 Å². The Hall–Kier alpha value is -2.21. The molecule has 0 aliphatic carbocycles. The maximum Gasteiger partial charge on any atom is 0.345 e. The van der Waals surface area contributed by atoms with Crippen LogP contribution in [0.3, 0.4) is 0 Å². The number of carboxylic acid groups (broad SMARTS) is 2. The van der Waals surface area contributed by atoms with E-state index in [0.717, 1.165) is 19.3 Å². The maximum absolute atomic E-state index is 12.1. The largest absolute Gasteiger partial charge is 0.481 e. The number of unbranched alkanes of at least 4 members (excludes halogenated alkanes) is 15. The summed E-state index contributed by atoms with van der Waals surface area (Å²) in [5.41, 5.74) is 0. The standard InChI is InChI=1S/C26H47NO10S/c1-2-3-4-5-6-7-8-9-10-11-12-13-14-15-16-17-18-27-23(28)20-22(38(34,35)36)26(33)37-21(25(31)32)19-24(29)30/h21-22H,2-20H2,1H3,(H,27,28)(H,29,30)(H,31,32)(H,34,35,36). The number of carboxylic acids is 2. The van der Waals surface area contributed by atoms with Crippen molar-refractivity contribution < 1.29 is 47.1 Å². The van der Waals surface area contributed by atoms with Gasteiger partial charge in [0.05, 0.1) is 12.8 Å². The summed E-state index contributed by atoms with van der Waals surface area (Å²) in [6.07, 6.45) is 15.0. The summed E-state index contributed by atoms with van der Waals surface area (Å²) in [5.74, 6) is -5.94. The number of rotatable bonds is 25. The van der Waals surface area contributed by atoms with Gasteiger partial charge in [0.25, 0.3) is 10.1 Å². The van der Waals surface area contributed by atoms with Crippen LogP contribution in [-0.4, -0.2) is 64.9 Å². The third kappa shape index (κ3) is 19.8. The molecule has 0 bridgehead atoms. The molecule has 0 saturated carbocycles. The van der Waals surface area contributed by atoms with Crippen molar-refractivity contribution in [2.45, 2.75) is 134 Å². The number of hydrogen-bond donors (Lipinski definition) is 4. The summed E-state index contributed by atoms with van der Waals surface area (Å²) in [5, 5.41) is 17.7. The fourth-order valence-corrected chi connectivity index (χ4v) is 4.67. The second-order valence-electron chi connectivity index (χ2n) is 9.72. The Morgan fingerprint density at radius 3 is 1.50 bits per heavy atom. The number of aliphatic carboxylic acids is 2. The highest BCUT2D eigenvalue weighted by Gasteiger charge is 2.38. The van der Waals surface area contributed by atoms with Crippen LogP contribution in [0.4, 0.5) is 0 Å². The maximum atomic E-state index is 12.1. The summed E-state index contributed by atoms with van der Waals surface area (Å²) >= 11 is 0. The van der Waals surface area contributed by atoms with Crippen molar-refractivity contribution in [2.24, 2.45) is 0 Å². The average Bonchev–Trinajstić information content (AvgIpc) is 2.82. The molecule has 2 atom stereocenters. The van der Waals surface area contributed by atoms with Gasteiger partial charge in [0.15, 0.2) is 5.25 Å². The lowest BCUT2D eigenvalue weighted by Crippen LogP contribution is -2.41. The molecule has 0 radical (unpaired) electrons. The van der Waals surface area contributed by atoms with Gasteiger partial charge in [-0.3, -0.25) is 18.9 Å². The predicted octanol–water partition coefficient (Wildman–Crippen LogP) is 4.48. The zero-order chi connectivity index (χ0) is 28.8. The molecule has 2 unspecified atom stereocenters. The predicted molar refractivity (Wildman–Crippen MR) is 142 cm³/mol. The van der Waals surface area contributed by atoms with Crippen LogP contribution in [-0.2, 0) is 34.0 Å². The normalized spacial score (nSPS) is 13.0. The summed E-state index contributed by atoms with van der Waals surface area (Å²) in [7, 11) is -5.10. The fraction of sp³-hybridized carbons (Fsp3) is 0.846. The monoisotopic (exact) mass is 565 g/mol. The number of hydrogen-bond acceptors (Lipinski definition) is 7. The highest BCUT2D eigenvalue weighted by atomic mass is 32.2. The van der Waals surface area contributed by atoms with Crippen molar-refractivity contribution in [3.63, 3.8) is 0 Å². The van der Waals surface area contributed by atoms with Crippen LogP contribution in [0.15, 0.2) is 0 Å². The minimum absolute atomic E-state index is 0.251. The molecule has 0 saturated heterocycles. The summed E-state index contributed by atoms with van der Waals surface area (Å²) in [4.78, 5) is 45.8. The van der Waals surface area contributed by atoms with Crippen LogP contribution in [0.5, 0.6) is 0 Å². The Balaban J connectivity index is 3.99. The molecule has 222 valence electrons. The van der Waals surface area contributed by atoms with Gasteiger partial charge in [0, 0.05) is 6.54 Å². The Kier molecular flexibility index (Phi) is 20.4. The van der Waals surface area contributed by atoms with Crippen LogP contribution in [0.25, 0.3) is 0 Å². The molecule has 0 aromatic heterocycles. The lowest BCUT2D eigenvalue weighted by Gasteiger charge is -2.16. The quantitative estimate of drug-likeness (QED) is 0.0699. The second-order valence-corrected chi connectivity index (χ2v) is 11.3. The highest BCUT2D eigenvalue weighted by molar-refractivity contribution is 7.87. The van der Waals surface area contributed by atoms with Gasteiger partial charge in [-0.05, 0) is 6.42 Å². The third-order valence-electron chi connectivity index (χ3n) is 6.24. The van der Waals surface area contributed by atoms with Crippen LogP contribution in [0.1, 0.15) is 122 Å². The molecular weight excluding hydrogens is 518 g/mol. The van der Waals surface area contributed by atoms with E-state index < -0.39 is 58.1 Å². The van der Waals surface area contributed by atoms with Gasteiger partial charge in [-0.25, -0.2) is 4.79 Å². The average molecular weight is 566 g/mol. The Morgan fingerprint density at radius 1 is 0.711 bits per heavy atom. The number of ether oxygens (including phenoxy) is 1. The molecular formula is C26H47NO10S. The summed E-state index contributed by atoms with van der Waals surface area (Å²) in [6.45, 7) is 2.48. The first kappa shape index (κ1) is 35.8. The lowest BCUT2D eigenvalue weighted by atomic mass is 10.0. The molecule has 0 rings (SSSR count). The highest BCUT2D eigenvalue weighted by Crippen LogP contribution is 2.14. The van der Waals surface area contributed by atoms with Crippen molar-refractivity contribution in [1.82, 2.24) is 5.32 Å². The molecule has 0 spiro atoms. The van der Waals surface area contributed by atoms with E-state index in [1.165, 1.54) is 77.0 Å². The lowest BCUT2D eigenvalue weighted by molar-refractivity contribution is -0.167. The zero-order valence-electron chi connectivity index (χ0n) is 22.7. The first-order valence-corrected chi connectivity index (χ1v) is 15.4. The molecule has 0 heterocycles. The fourth-order valence-electron chi connectivity index (χ4n) is 4.01. The van der Waals surface area contributed by atoms with Crippen molar-refractivity contribution >= 4 is 33.9 Å². The molecule has 0 aliphatic heterocycles. The number of amides is 1. The molecule has 0 fully saturated rings. The van der Waals surface area contributed by atoms with E-state index in [1.807, 2.05) is 0 Å². The van der Waals surface area contributed by atoms with Crippen LogP contribution < -0.4 is 5.32 Å². The second kappa shape index (κ2) is 21.7. The molecule has 0 aliphatic rings. The topological polar surface area (TPSA) is 184 Å². The number of nitrogens with one attached hydrogen (secondary N) is 1. The van der Waals surface area contributed by atoms with Crippen LogP contribution in [0.2, 0.25) is 0 Å². The Morgan fingerprint density at radius 2 is 1.13 bits per heavy atom. The summed E-state index contributed by atoms with van der Waals surface area (Å²) in [6, 6.07) is 0. The van der Waals surface area contributed by atoms with E-state index in [1.54, 1.807) is 0 Å². The molecule has 38 heavy (non-hydrogen) atoms. The molecule has 11 nitrogen and oxygen atoms in total. The minimum atomic E-state index is -5.10. The van der Waals surface area contributed by atoms with E-state index >= 15 is 0 Å². The van der Waals surface area contributed by atoms with Gasteiger partial charge >= 0.3 is 17.9 Å². The van der Waals surface area contributed by atoms with Crippen molar-refractivity contribution in [1.29, 1.82) is 0 Å². The van der Waals surface area contributed by atoms with Gasteiger partial charge < -0.3 is 20.3 Å². The van der Waals surface area contributed by atoms with Crippen molar-refractivity contribution in [3.05, 3.63) is 0 Å². The number of esters is 1. The first-order chi connectivity index (χ1) is 18.0. The number of carbonyl (C=O) groups is 4.